The number of aromatic hydroxyl groups is 1. The predicted molar refractivity (Wildman–Crippen MR) is 154 cm³/mol. The molecule has 0 unspecified atom stereocenters. The lowest BCUT2D eigenvalue weighted by molar-refractivity contribution is -0.333. The molecule has 0 radical (unpaired) electrons. The van der Waals surface area contributed by atoms with Gasteiger partial charge in [0.2, 0.25) is 0 Å². The van der Waals surface area contributed by atoms with Crippen LogP contribution in [0, 0.1) is 5.92 Å². The zero-order valence-corrected chi connectivity index (χ0v) is 26.8. The number of esters is 6. The van der Waals surface area contributed by atoms with Gasteiger partial charge in [-0.15, -0.1) is 0 Å². The highest BCUT2D eigenvalue weighted by Crippen LogP contribution is 2.42. The first-order chi connectivity index (χ1) is 22.1. The summed E-state index contributed by atoms with van der Waals surface area (Å²) in [7, 11) is 0. The van der Waals surface area contributed by atoms with Gasteiger partial charge in [-0.25, -0.2) is 0 Å². The highest BCUT2D eigenvalue weighted by molar-refractivity contribution is 5.69. The van der Waals surface area contributed by atoms with Crippen molar-refractivity contribution >= 4 is 35.8 Å². The van der Waals surface area contributed by atoms with E-state index in [0.717, 1.165) is 34.6 Å². The highest BCUT2D eigenvalue weighted by atomic mass is 16.7. The van der Waals surface area contributed by atoms with Crippen molar-refractivity contribution in [2.24, 2.45) is 5.92 Å². The maximum absolute atomic E-state index is 12.3. The van der Waals surface area contributed by atoms with Crippen LogP contribution in [0.3, 0.4) is 0 Å². The van der Waals surface area contributed by atoms with Gasteiger partial charge in [0.1, 0.15) is 30.7 Å². The van der Waals surface area contributed by atoms with E-state index < -0.39 is 103 Å². The van der Waals surface area contributed by atoms with Gasteiger partial charge in [-0.05, 0) is 24.1 Å². The van der Waals surface area contributed by atoms with Crippen molar-refractivity contribution in [2.45, 2.75) is 103 Å². The molecule has 0 bridgehead atoms. The summed E-state index contributed by atoms with van der Waals surface area (Å²) >= 11 is 0. The van der Waals surface area contributed by atoms with Gasteiger partial charge >= 0.3 is 35.8 Å². The maximum Gasteiger partial charge on any atom is 0.303 e. The Balaban J connectivity index is 2.13. The topological polar surface area (TPSA) is 217 Å². The summed E-state index contributed by atoms with van der Waals surface area (Å²) in [5, 5.41) is 21.6. The molecule has 0 aromatic heterocycles. The summed E-state index contributed by atoms with van der Waals surface area (Å²) < 4.78 is 44.6. The second kappa shape index (κ2) is 16.5. The summed E-state index contributed by atoms with van der Waals surface area (Å²) in [5.74, 6) is -6.17. The van der Waals surface area contributed by atoms with Crippen molar-refractivity contribution in [3.05, 3.63) is 29.8 Å². The van der Waals surface area contributed by atoms with Gasteiger partial charge in [-0.3, -0.25) is 28.8 Å². The molecule has 0 amide bonds. The van der Waals surface area contributed by atoms with Crippen LogP contribution in [0.4, 0.5) is 0 Å². The largest absolute Gasteiger partial charge is 0.508 e. The lowest BCUT2D eigenvalue weighted by Gasteiger charge is -2.48. The summed E-state index contributed by atoms with van der Waals surface area (Å²) in [4.78, 5) is 72.4. The number of hydrogen-bond donors (Lipinski definition) is 2. The van der Waals surface area contributed by atoms with Crippen LogP contribution in [-0.2, 0) is 66.7 Å². The predicted octanol–water partition coefficient (Wildman–Crippen LogP) is 0.820. The number of carbonyl (C=O) groups excluding carboxylic acids is 6. The fourth-order valence-electron chi connectivity index (χ4n) is 5.70. The van der Waals surface area contributed by atoms with Crippen molar-refractivity contribution in [1.82, 2.24) is 0 Å². The molecule has 0 spiro atoms. The summed E-state index contributed by atoms with van der Waals surface area (Å²) in [6.45, 7) is 5.88. The van der Waals surface area contributed by atoms with Gasteiger partial charge in [0, 0.05) is 53.4 Å². The minimum Gasteiger partial charge on any atom is -0.508 e. The van der Waals surface area contributed by atoms with Crippen molar-refractivity contribution in [2.75, 3.05) is 13.2 Å². The van der Waals surface area contributed by atoms with E-state index in [1.54, 1.807) is 12.1 Å². The number of carbonyl (C=O) groups is 6. The van der Waals surface area contributed by atoms with Crippen LogP contribution < -0.4 is 0 Å². The second-order valence-electron chi connectivity index (χ2n) is 11.2. The zero-order chi connectivity index (χ0) is 35.0. The Morgan fingerprint density at radius 3 is 1.68 bits per heavy atom. The van der Waals surface area contributed by atoms with Crippen LogP contribution >= 0.6 is 0 Å². The lowest BCUT2D eigenvalue weighted by atomic mass is 9.73. The number of rotatable bonds is 11. The first-order valence-electron chi connectivity index (χ1n) is 14.8. The van der Waals surface area contributed by atoms with E-state index in [2.05, 4.69) is 0 Å². The number of phenolic OH excluding ortho intramolecular Hbond substituents is 1. The fraction of sp³-hybridized carbons (Fsp3) is 0.613. The third kappa shape index (κ3) is 10.4. The molecule has 260 valence electrons. The second-order valence-corrected chi connectivity index (χ2v) is 11.2. The third-order valence-corrected chi connectivity index (χ3v) is 7.46. The average molecular weight is 669 g/mol. The Bertz CT molecular complexity index is 1290. The number of aliphatic hydroxyl groups is 1. The van der Waals surface area contributed by atoms with Gasteiger partial charge in [0.15, 0.2) is 24.6 Å². The molecule has 1 aromatic carbocycles. The van der Waals surface area contributed by atoms with E-state index in [-0.39, 0.29) is 18.8 Å². The molecule has 1 heterocycles. The van der Waals surface area contributed by atoms with Crippen LogP contribution in [0.25, 0.3) is 0 Å². The first-order valence-corrected chi connectivity index (χ1v) is 14.8. The molecule has 1 aliphatic carbocycles. The van der Waals surface area contributed by atoms with Crippen molar-refractivity contribution < 1.29 is 76.9 Å². The molecule has 2 aliphatic rings. The molecular formula is C31H40O16. The SMILES string of the molecule is CC(=O)OC[C@H]1C[C@H](c2ccc(O)cc2)[C@@H](O)[C@@H](O[C@H]2O[C@H](COC(C)=O)[C@@H](OC(C)=O)[C@H](OC(C)=O)[C@@H]2OC(C)=O)[C@@H]1OC(C)=O. The Morgan fingerprint density at radius 2 is 1.15 bits per heavy atom. The number of hydrogen-bond acceptors (Lipinski definition) is 16. The van der Waals surface area contributed by atoms with Crippen LogP contribution in [0.15, 0.2) is 24.3 Å². The summed E-state index contributed by atoms with van der Waals surface area (Å²) in [5.41, 5.74) is 0.555. The Hall–Kier alpha value is -4.28. The monoisotopic (exact) mass is 668 g/mol. The molecule has 16 nitrogen and oxygen atoms in total. The number of benzene rings is 1. The quantitative estimate of drug-likeness (QED) is 0.246. The normalized spacial score (nSPS) is 30.3. The number of aliphatic hydroxyl groups excluding tert-OH is 1. The average Bonchev–Trinajstić information content (AvgIpc) is 2.96. The van der Waals surface area contributed by atoms with E-state index in [4.69, 9.17) is 37.9 Å². The zero-order valence-electron chi connectivity index (χ0n) is 26.8. The smallest absolute Gasteiger partial charge is 0.303 e. The maximum atomic E-state index is 12.3. The molecular weight excluding hydrogens is 628 g/mol. The molecule has 1 aliphatic heterocycles. The van der Waals surface area contributed by atoms with E-state index in [0.29, 0.717) is 5.56 Å². The summed E-state index contributed by atoms with van der Waals surface area (Å²) in [6, 6.07) is 5.97. The minimum atomic E-state index is -1.71. The molecule has 10 atom stereocenters. The van der Waals surface area contributed by atoms with Crippen LogP contribution in [0.1, 0.15) is 59.4 Å². The summed E-state index contributed by atoms with van der Waals surface area (Å²) in [6.07, 6.45) is -11.7. The van der Waals surface area contributed by atoms with Gasteiger partial charge in [-0.1, -0.05) is 12.1 Å². The van der Waals surface area contributed by atoms with E-state index in [1.807, 2.05) is 0 Å². The standard InChI is InChI=1S/C31H40O16/c1-14(32)40-12-21-11-23(20-7-9-22(38)10-8-20)25(39)28(26(21)42-16(3)34)47-31-30(45-19(6)37)29(44-18(5)36)27(43-17(4)35)24(46-31)13-41-15(2)33/h7-10,21,23-31,38-39H,11-13H2,1-6H3/t21-,23-,24-,25-,26-,27-,28-,29+,30+,31-/m1/s1. The van der Waals surface area contributed by atoms with E-state index >= 15 is 0 Å². The van der Waals surface area contributed by atoms with Crippen molar-refractivity contribution in [3.8, 4) is 5.75 Å². The molecule has 1 aromatic rings. The van der Waals surface area contributed by atoms with Crippen molar-refractivity contribution in [1.29, 1.82) is 0 Å². The molecule has 3 rings (SSSR count). The molecule has 2 N–H and O–H groups in total. The molecule has 47 heavy (non-hydrogen) atoms. The van der Waals surface area contributed by atoms with E-state index in [1.165, 1.54) is 19.1 Å². The fourth-order valence-corrected chi connectivity index (χ4v) is 5.70. The van der Waals surface area contributed by atoms with Gasteiger partial charge in [0.25, 0.3) is 0 Å². The van der Waals surface area contributed by atoms with Gasteiger partial charge in [0.05, 0.1) is 12.7 Å². The van der Waals surface area contributed by atoms with Crippen LogP contribution in [-0.4, -0.2) is 108 Å². The van der Waals surface area contributed by atoms with Crippen LogP contribution in [0.5, 0.6) is 5.75 Å². The Labute approximate surface area is 270 Å². The molecule has 1 saturated carbocycles. The van der Waals surface area contributed by atoms with Gasteiger partial charge < -0.3 is 48.1 Å². The molecule has 16 heteroatoms. The molecule has 2 fully saturated rings. The Kier molecular flexibility index (Phi) is 13.1. The highest BCUT2D eigenvalue weighted by Gasteiger charge is 2.56. The van der Waals surface area contributed by atoms with E-state index in [9.17, 15) is 39.0 Å². The minimum absolute atomic E-state index is 0.0291. The van der Waals surface area contributed by atoms with Crippen LogP contribution in [0.2, 0.25) is 0 Å². The van der Waals surface area contributed by atoms with Gasteiger partial charge in [-0.2, -0.15) is 0 Å². The Morgan fingerprint density at radius 1 is 0.660 bits per heavy atom. The third-order valence-electron chi connectivity index (χ3n) is 7.46. The number of ether oxygens (including phenoxy) is 8. The molecule has 1 saturated heterocycles. The lowest BCUT2D eigenvalue weighted by Crippen LogP contribution is -2.65. The number of phenols is 1. The first kappa shape index (κ1) is 37.2. The van der Waals surface area contributed by atoms with Crippen molar-refractivity contribution in [3.63, 3.8) is 0 Å².